The summed E-state index contributed by atoms with van der Waals surface area (Å²) < 4.78 is 39.2. The molecule has 0 heterocycles. The quantitative estimate of drug-likeness (QED) is 0.345. The van der Waals surface area contributed by atoms with Crippen molar-refractivity contribution in [3.63, 3.8) is 0 Å². The summed E-state index contributed by atoms with van der Waals surface area (Å²) in [5.74, 6) is -5.14. The van der Waals surface area contributed by atoms with Gasteiger partial charge in [0, 0.05) is 18.8 Å². The van der Waals surface area contributed by atoms with Gasteiger partial charge in [-0.15, -0.1) is 0 Å². The van der Waals surface area contributed by atoms with E-state index in [0.717, 1.165) is 11.1 Å². The summed E-state index contributed by atoms with van der Waals surface area (Å²) in [6.07, 6.45) is -4.61. The van der Waals surface area contributed by atoms with Gasteiger partial charge in [-0.25, -0.2) is 0 Å². The number of carbonyl (C=O) groups excluding carboxylic acids is 3. The second-order valence-electron chi connectivity index (χ2n) is 8.78. The summed E-state index contributed by atoms with van der Waals surface area (Å²) >= 11 is 11.9. The van der Waals surface area contributed by atoms with Crippen LogP contribution in [0.25, 0.3) is 0 Å². The number of ketones is 2. The standard InChI is InChI=1S/C26H28Cl2F3NO3/c1-16(2)19(25(35)26(29,30)31)15-23(33)22(12-9-17-6-4-3-5-7-17)32-24(34)13-10-18-8-11-20(27)21(28)14-18/h3-8,11,14,16,19,22H,9-10,12-13,15H2,1-2H3,(H,32,34)/t19-,22-/m0/s1. The summed E-state index contributed by atoms with van der Waals surface area (Å²) in [6, 6.07) is 13.2. The van der Waals surface area contributed by atoms with E-state index in [2.05, 4.69) is 5.32 Å². The van der Waals surface area contributed by atoms with Crippen LogP contribution >= 0.6 is 23.2 Å². The second-order valence-corrected chi connectivity index (χ2v) is 9.59. The molecule has 9 heteroatoms. The van der Waals surface area contributed by atoms with E-state index in [1.807, 2.05) is 30.3 Å². The maximum Gasteiger partial charge on any atom is 0.450 e. The van der Waals surface area contributed by atoms with E-state index >= 15 is 0 Å². The summed E-state index contributed by atoms with van der Waals surface area (Å²) in [5, 5.41) is 3.41. The fourth-order valence-electron chi connectivity index (χ4n) is 3.69. The molecule has 1 N–H and O–H groups in total. The summed E-state index contributed by atoms with van der Waals surface area (Å²) in [4.78, 5) is 37.6. The van der Waals surface area contributed by atoms with E-state index in [9.17, 15) is 27.6 Å². The minimum atomic E-state index is -5.03. The molecule has 190 valence electrons. The number of Topliss-reactive ketones (excluding diaryl/α,β-unsaturated/α-hetero) is 2. The molecule has 0 radical (unpaired) electrons. The molecule has 0 unspecified atom stereocenters. The lowest BCUT2D eigenvalue weighted by Crippen LogP contribution is -2.44. The van der Waals surface area contributed by atoms with Crippen molar-refractivity contribution in [3.05, 3.63) is 69.7 Å². The average molecular weight is 530 g/mol. The molecular weight excluding hydrogens is 502 g/mol. The van der Waals surface area contributed by atoms with Gasteiger partial charge in [0.15, 0.2) is 5.78 Å². The number of benzene rings is 2. The molecule has 0 saturated heterocycles. The zero-order valence-electron chi connectivity index (χ0n) is 19.5. The van der Waals surface area contributed by atoms with Crippen LogP contribution in [0.2, 0.25) is 10.0 Å². The van der Waals surface area contributed by atoms with E-state index in [1.165, 1.54) is 13.8 Å². The van der Waals surface area contributed by atoms with Crippen LogP contribution in [-0.2, 0) is 27.2 Å². The van der Waals surface area contributed by atoms with Gasteiger partial charge in [0.1, 0.15) is 0 Å². The molecule has 0 aliphatic rings. The molecule has 2 aromatic carbocycles. The first-order valence-corrected chi connectivity index (χ1v) is 12.0. The molecule has 0 bridgehead atoms. The van der Waals surface area contributed by atoms with Gasteiger partial charge in [-0.2, -0.15) is 13.2 Å². The Morgan fingerprint density at radius 2 is 1.57 bits per heavy atom. The second kappa shape index (κ2) is 13.1. The van der Waals surface area contributed by atoms with Gasteiger partial charge in [-0.3, -0.25) is 14.4 Å². The Hall–Kier alpha value is -2.38. The average Bonchev–Trinajstić information content (AvgIpc) is 2.80. The molecule has 0 fully saturated rings. The molecule has 4 nitrogen and oxygen atoms in total. The third kappa shape index (κ3) is 9.30. The van der Waals surface area contributed by atoms with E-state index in [4.69, 9.17) is 23.2 Å². The van der Waals surface area contributed by atoms with Crippen molar-refractivity contribution in [3.8, 4) is 0 Å². The number of hydrogen-bond acceptors (Lipinski definition) is 3. The molecular formula is C26H28Cl2F3NO3. The highest BCUT2D eigenvalue weighted by molar-refractivity contribution is 6.42. The van der Waals surface area contributed by atoms with Crippen molar-refractivity contribution in [2.45, 2.75) is 58.2 Å². The number of hydrogen-bond donors (Lipinski definition) is 1. The third-order valence-corrected chi connectivity index (χ3v) is 6.49. The maximum atomic E-state index is 13.1. The van der Waals surface area contributed by atoms with Gasteiger partial charge in [0.25, 0.3) is 0 Å². The molecule has 0 aliphatic carbocycles. The van der Waals surface area contributed by atoms with Crippen LogP contribution in [0.1, 0.15) is 44.2 Å². The molecule has 0 spiro atoms. The van der Waals surface area contributed by atoms with E-state index in [0.29, 0.717) is 22.9 Å². The Labute approximate surface area is 213 Å². The SMILES string of the molecule is CC(C)[C@H](CC(=O)[C@H](CCc1ccccc1)NC(=O)CCc1ccc(Cl)c(Cl)c1)C(=O)C(F)(F)F. The minimum Gasteiger partial charge on any atom is -0.346 e. The fourth-order valence-corrected chi connectivity index (χ4v) is 4.01. The van der Waals surface area contributed by atoms with Gasteiger partial charge >= 0.3 is 6.18 Å². The summed E-state index contributed by atoms with van der Waals surface area (Å²) in [5.41, 5.74) is 1.69. The van der Waals surface area contributed by atoms with Crippen LogP contribution in [-0.4, -0.2) is 29.7 Å². The molecule has 0 aliphatic heterocycles. The highest BCUT2D eigenvalue weighted by atomic mass is 35.5. The number of aryl methyl sites for hydroxylation is 2. The normalized spacial score (nSPS) is 13.4. The number of carbonyl (C=O) groups is 3. The predicted octanol–water partition coefficient (Wildman–Crippen LogP) is 6.41. The van der Waals surface area contributed by atoms with Crippen molar-refractivity contribution in [2.75, 3.05) is 0 Å². The van der Waals surface area contributed by atoms with Crippen LogP contribution in [0.3, 0.4) is 0 Å². The predicted molar refractivity (Wildman–Crippen MR) is 130 cm³/mol. The summed E-state index contributed by atoms with van der Waals surface area (Å²) in [6.45, 7) is 2.94. The Kier molecular flexibility index (Phi) is 10.8. The third-order valence-electron chi connectivity index (χ3n) is 5.76. The van der Waals surface area contributed by atoms with Gasteiger partial charge in [0.05, 0.1) is 16.1 Å². The fraction of sp³-hybridized carbons (Fsp3) is 0.423. The molecule has 2 rings (SSSR count). The number of amides is 1. The number of rotatable bonds is 12. The lowest BCUT2D eigenvalue weighted by Gasteiger charge is -2.24. The Balaban J connectivity index is 2.11. The summed E-state index contributed by atoms with van der Waals surface area (Å²) in [7, 11) is 0. The van der Waals surface area contributed by atoms with Crippen LogP contribution in [0.5, 0.6) is 0 Å². The molecule has 1 amide bonds. The Morgan fingerprint density at radius 1 is 0.914 bits per heavy atom. The van der Waals surface area contributed by atoms with Gasteiger partial charge in [-0.05, 0) is 48.4 Å². The Morgan fingerprint density at radius 3 is 2.14 bits per heavy atom. The largest absolute Gasteiger partial charge is 0.450 e. The number of nitrogens with one attached hydrogen (secondary N) is 1. The lowest BCUT2D eigenvalue weighted by atomic mass is 9.84. The van der Waals surface area contributed by atoms with Gasteiger partial charge in [-0.1, -0.05) is 73.4 Å². The van der Waals surface area contributed by atoms with Crippen molar-refractivity contribution >= 4 is 40.7 Å². The molecule has 35 heavy (non-hydrogen) atoms. The van der Waals surface area contributed by atoms with Crippen LogP contribution in [0, 0.1) is 11.8 Å². The monoisotopic (exact) mass is 529 g/mol. The minimum absolute atomic E-state index is 0.0438. The van der Waals surface area contributed by atoms with Crippen molar-refractivity contribution in [2.24, 2.45) is 11.8 Å². The molecule has 0 saturated carbocycles. The number of halogens is 5. The first kappa shape index (κ1) is 28.9. The Bertz CT molecular complexity index is 1030. The van der Waals surface area contributed by atoms with Crippen molar-refractivity contribution in [1.29, 1.82) is 0 Å². The molecule has 2 atom stereocenters. The zero-order valence-corrected chi connectivity index (χ0v) is 21.0. The van der Waals surface area contributed by atoms with Gasteiger partial charge < -0.3 is 5.32 Å². The van der Waals surface area contributed by atoms with E-state index < -0.39 is 47.9 Å². The highest BCUT2D eigenvalue weighted by Crippen LogP contribution is 2.28. The van der Waals surface area contributed by atoms with E-state index in [1.54, 1.807) is 18.2 Å². The van der Waals surface area contributed by atoms with Crippen LogP contribution in [0.15, 0.2) is 48.5 Å². The molecule has 2 aromatic rings. The van der Waals surface area contributed by atoms with Crippen molar-refractivity contribution < 1.29 is 27.6 Å². The highest BCUT2D eigenvalue weighted by Gasteiger charge is 2.45. The van der Waals surface area contributed by atoms with E-state index in [-0.39, 0.29) is 12.8 Å². The van der Waals surface area contributed by atoms with Crippen LogP contribution < -0.4 is 5.32 Å². The van der Waals surface area contributed by atoms with Gasteiger partial charge in [0.2, 0.25) is 11.7 Å². The number of alkyl halides is 3. The first-order chi connectivity index (χ1) is 16.4. The molecule has 0 aromatic heterocycles. The van der Waals surface area contributed by atoms with Crippen molar-refractivity contribution in [1.82, 2.24) is 5.32 Å². The maximum absolute atomic E-state index is 13.1. The lowest BCUT2D eigenvalue weighted by molar-refractivity contribution is -0.177. The van der Waals surface area contributed by atoms with Crippen LogP contribution in [0.4, 0.5) is 13.2 Å². The topological polar surface area (TPSA) is 63.2 Å². The zero-order chi connectivity index (χ0) is 26.2. The first-order valence-electron chi connectivity index (χ1n) is 11.3. The smallest absolute Gasteiger partial charge is 0.346 e.